The van der Waals surface area contributed by atoms with E-state index in [9.17, 15) is 0 Å². The first-order valence-corrected chi connectivity index (χ1v) is 5.37. The highest BCUT2D eigenvalue weighted by molar-refractivity contribution is 4.70. The van der Waals surface area contributed by atoms with Gasteiger partial charge in [0.05, 0.1) is 12.5 Å². The molecule has 0 radical (unpaired) electrons. The highest BCUT2D eigenvalue weighted by atomic mass is 16.5. The summed E-state index contributed by atoms with van der Waals surface area (Å²) in [6.45, 7) is 7.18. The Balaban J connectivity index is 0.000000336. The van der Waals surface area contributed by atoms with Gasteiger partial charge in [0, 0.05) is 13.2 Å². The summed E-state index contributed by atoms with van der Waals surface area (Å²) in [6, 6.07) is 0. The normalized spacial score (nSPS) is 24.7. The van der Waals surface area contributed by atoms with E-state index in [1.807, 2.05) is 0 Å². The zero-order chi connectivity index (χ0) is 11.5. The monoisotopic (exact) mass is 214 g/mol. The van der Waals surface area contributed by atoms with Crippen molar-refractivity contribution in [3.05, 3.63) is 25.7 Å². The number of ether oxygens (including phenoxy) is 1. The highest BCUT2D eigenvalue weighted by Crippen LogP contribution is 2.27. The third kappa shape index (κ3) is 7.17. The molecule has 0 unspecified atom stereocenters. The molecule has 1 aliphatic carbocycles. The molecule has 0 aromatic rings. The van der Waals surface area contributed by atoms with E-state index in [1.165, 1.54) is 12.5 Å². The van der Waals surface area contributed by atoms with Crippen molar-refractivity contribution in [2.24, 2.45) is 11.8 Å². The highest BCUT2D eigenvalue weighted by Gasteiger charge is 2.19. The second-order valence-electron chi connectivity index (χ2n) is 3.72. The molecule has 2 N–H and O–H groups in total. The van der Waals surface area contributed by atoms with Gasteiger partial charge >= 0.3 is 0 Å². The average molecular weight is 214 g/mol. The van der Waals surface area contributed by atoms with Crippen LogP contribution in [0.5, 0.6) is 0 Å². The summed E-state index contributed by atoms with van der Waals surface area (Å²) in [7, 11) is 0. The summed E-state index contributed by atoms with van der Waals surface area (Å²) in [4.78, 5) is 0. The number of hydrogen-bond acceptors (Lipinski definition) is 3. The molecule has 1 aliphatic rings. The van der Waals surface area contributed by atoms with E-state index in [-0.39, 0.29) is 0 Å². The fraction of sp³-hybridized carbons (Fsp3) is 0.667. The quantitative estimate of drug-likeness (QED) is 0.704. The fourth-order valence-corrected chi connectivity index (χ4v) is 1.66. The van der Waals surface area contributed by atoms with Gasteiger partial charge in [-0.3, -0.25) is 0 Å². The Labute approximate surface area is 92.1 Å². The van der Waals surface area contributed by atoms with Crippen LogP contribution in [0.2, 0.25) is 0 Å². The van der Waals surface area contributed by atoms with E-state index in [0.29, 0.717) is 25.0 Å². The van der Waals surface area contributed by atoms with Gasteiger partial charge in [-0.05, 0) is 37.5 Å². The minimum absolute atomic E-state index is 0.331. The molecule has 0 aromatic heterocycles. The predicted molar refractivity (Wildman–Crippen MR) is 61.1 cm³/mol. The smallest absolute Gasteiger partial charge is 0.0829 e. The van der Waals surface area contributed by atoms with E-state index in [2.05, 4.69) is 17.9 Å². The summed E-state index contributed by atoms with van der Waals surface area (Å²) < 4.78 is 4.36. The SMILES string of the molecule is C=COC=C.OCC1CCC(CO)CC1. The Morgan fingerprint density at radius 1 is 0.933 bits per heavy atom. The van der Waals surface area contributed by atoms with E-state index in [4.69, 9.17) is 10.2 Å². The van der Waals surface area contributed by atoms with Crippen LogP contribution < -0.4 is 0 Å². The van der Waals surface area contributed by atoms with Crippen molar-refractivity contribution in [3.8, 4) is 0 Å². The first kappa shape index (κ1) is 14.2. The van der Waals surface area contributed by atoms with Gasteiger partial charge in [-0.15, -0.1) is 0 Å². The van der Waals surface area contributed by atoms with Gasteiger partial charge in [0.25, 0.3) is 0 Å². The maximum absolute atomic E-state index is 8.79. The Bertz CT molecular complexity index is 142. The molecule has 1 fully saturated rings. The molecule has 1 saturated carbocycles. The average Bonchev–Trinajstić information content (AvgIpc) is 2.31. The van der Waals surface area contributed by atoms with Crippen molar-refractivity contribution in [2.75, 3.05) is 13.2 Å². The number of rotatable bonds is 4. The van der Waals surface area contributed by atoms with Crippen LogP contribution in [-0.4, -0.2) is 23.4 Å². The first-order chi connectivity index (χ1) is 7.28. The van der Waals surface area contributed by atoms with Crippen molar-refractivity contribution in [3.63, 3.8) is 0 Å². The first-order valence-electron chi connectivity index (χ1n) is 5.37. The topological polar surface area (TPSA) is 49.7 Å². The van der Waals surface area contributed by atoms with Crippen molar-refractivity contribution in [2.45, 2.75) is 25.7 Å². The lowest BCUT2D eigenvalue weighted by Crippen LogP contribution is -2.19. The Morgan fingerprint density at radius 2 is 1.27 bits per heavy atom. The van der Waals surface area contributed by atoms with E-state index >= 15 is 0 Å². The number of hydrogen-bond donors (Lipinski definition) is 2. The van der Waals surface area contributed by atoms with E-state index < -0.39 is 0 Å². The molecule has 0 atom stereocenters. The Hall–Kier alpha value is -0.800. The van der Waals surface area contributed by atoms with Gasteiger partial charge in [-0.2, -0.15) is 0 Å². The van der Waals surface area contributed by atoms with Gasteiger partial charge in [0.1, 0.15) is 0 Å². The summed E-state index contributed by atoms with van der Waals surface area (Å²) in [5, 5.41) is 17.6. The molecule has 0 aromatic carbocycles. The minimum atomic E-state index is 0.331. The van der Waals surface area contributed by atoms with Crippen molar-refractivity contribution >= 4 is 0 Å². The van der Waals surface area contributed by atoms with Crippen LogP contribution in [0, 0.1) is 11.8 Å². The van der Waals surface area contributed by atoms with Crippen molar-refractivity contribution < 1.29 is 14.9 Å². The zero-order valence-corrected chi connectivity index (χ0v) is 9.27. The maximum atomic E-state index is 8.79. The third-order valence-corrected chi connectivity index (χ3v) is 2.68. The predicted octanol–water partition coefficient (Wildman–Crippen LogP) is 2.07. The fourth-order valence-electron chi connectivity index (χ4n) is 1.66. The van der Waals surface area contributed by atoms with Crippen molar-refractivity contribution in [1.82, 2.24) is 0 Å². The molecule has 1 rings (SSSR count). The van der Waals surface area contributed by atoms with Crippen LogP contribution in [0.4, 0.5) is 0 Å². The van der Waals surface area contributed by atoms with Crippen LogP contribution in [0.15, 0.2) is 25.7 Å². The second kappa shape index (κ2) is 9.74. The minimum Gasteiger partial charge on any atom is -0.474 e. The molecule has 88 valence electrons. The molecule has 0 spiro atoms. The molecule has 0 aliphatic heterocycles. The van der Waals surface area contributed by atoms with Crippen molar-refractivity contribution in [1.29, 1.82) is 0 Å². The summed E-state index contributed by atoms with van der Waals surface area (Å²) >= 11 is 0. The second-order valence-corrected chi connectivity index (χ2v) is 3.72. The Kier molecular flexibility index (Phi) is 9.22. The molecule has 15 heavy (non-hydrogen) atoms. The molecule has 3 heteroatoms. The summed E-state index contributed by atoms with van der Waals surface area (Å²) in [6.07, 6.45) is 7.02. The molecule has 0 amide bonds. The Morgan fingerprint density at radius 3 is 1.40 bits per heavy atom. The lowest BCUT2D eigenvalue weighted by molar-refractivity contribution is 0.131. The standard InChI is InChI=1S/C8H16O2.C4H6O/c9-5-7-1-2-8(6-10)4-3-7;1-3-5-4-2/h7-10H,1-6H2;3-4H,1-2H2. The summed E-state index contributed by atoms with van der Waals surface area (Å²) in [5.74, 6) is 1.03. The molecule has 0 bridgehead atoms. The third-order valence-electron chi connectivity index (χ3n) is 2.68. The van der Waals surface area contributed by atoms with Crippen LogP contribution in [0.25, 0.3) is 0 Å². The lowest BCUT2D eigenvalue weighted by Gasteiger charge is -2.25. The summed E-state index contributed by atoms with van der Waals surface area (Å²) in [5.41, 5.74) is 0. The van der Waals surface area contributed by atoms with Gasteiger partial charge < -0.3 is 14.9 Å². The van der Waals surface area contributed by atoms with Gasteiger partial charge in [0.2, 0.25) is 0 Å². The van der Waals surface area contributed by atoms with E-state index in [1.54, 1.807) is 0 Å². The molecular formula is C12H22O3. The van der Waals surface area contributed by atoms with Gasteiger partial charge in [-0.1, -0.05) is 13.2 Å². The van der Waals surface area contributed by atoms with Gasteiger partial charge in [0.15, 0.2) is 0 Å². The van der Waals surface area contributed by atoms with Crippen LogP contribution in [0.3, 0.4) is 0 Å². The van der Waals surface area contributed by atoms with E-state index in [0.717, 1.165) is 25.7 Å². The largest absolute Gasteiger partial charge is 0.474 e. The molecule has 0 saturated heterocycles. The maximum Gasteiger partial charge on any atom is 0.0829 e. The van der Waals surface area contributed by atoms with Crippen LogP contribution >= 0.6 is 0 Å². The van der Waals surface area contributed by atoms with Crippen LogP contribution in [-0.2, 0) is 4.74 Å². The number of aliphatic hydroxyl groups excluding tert-OH is 2. The zero-order valence-electron chi connectivity index (χ0n) is 9.27. The lowest BCUT2D eigenvalue weighted by atomic mass is 9.83. The molecular weight excluding hydrogens is 192 g/mol. The van der Waals surface area contributed by atoms with Gasteiger partial charge in [-0.25, -0.2) is 0 Å². The number of aliphatic hydroxyl groups is 2. The molecule has 0 heterocycles. The van der Waals surface area contributed by atoms with Crippen LogP contribution in [0.1, 0.15) is 25.7 Å². The molecule has 3 nitrogen and oxygen atoms in total.